The summed E-state index contributed by atoms with van der Waals surface area (Å²) in [5.41, 5.74) is 1.60. The maximum absolute atomic E-state index is 15.1. The fraction of sp³-hybridized carbons (Fsp3) is 0.360. The van der Waals surface area contributed by atoms with E-state index in [0.717, 1.165) is 54.5 Å². The number of hydrogen-bond donors (Lipinski definition) is 2. The number of benzene rings is 2. The molecule has 9 nitrogen and oxygen atoms in total. The molecule has 2 bridgehead atoms. The number of anilines is 2. The Morgan fingerprint density at radius 3 is 2.41 bits per heavy atom. The molecule has 208 valence electrons. The van der Waals surface area contributed by atoms with Crippen LogP contribution in [0.3, 0.4) is 0 Å². The third-order valence-corrected chi connectivity index (χ3v) is 9.59. The summed E-state index contributed by atoms with van der Waals surface area (Å²) >= 11 is 0.928. The third kappa shape index (κ3) is 4.92. The molecule has 14 heteroatoms. The Hall–Kier alpha value is -3.36. The zero-order valence-corrected chi connectivity index (χ0v) is 22.4. The molecular weight excluding hydrogens is 557 g/mol. The minimum Gasteiger partial charge on any atom is -0.496 e. The van der Waals surface area contributed by atoms with Gasteiger partial charge in [0.15, 0.2) is 17.5 Å². The van der Waals surface area contributed by atoms with E-state index in [-0.39, 0.29) is 16.4 Å². The lowest BCUT2D eigenvalue weighted by Gasteiger charge is -2.25. The van der Waals surface area contributed by atoms with Crippen LogP contribution in [0.5, 0.6) is 5.75 Å². The molecule has 3 aromatic rings. The minimum atomic E-state index is -5.05. The van der Waals surface area contributed by atoms with E-state index < -0.39 is 50.0 Å². The normalized spacial score (nSPS) is 18.9. The van der Waals surface area contributed by atoms with Gasteiger partial charge in [0, 0.05) is 41.7 Å². The molecule has 0 radical (unpaired) electrons. The molecule has 2 saturated heterocycles. The number of halogens is 3. The molecule has 39 heavy (non-hydrogen) atoms. The third-order valence-electron chi connectivity index (χ3n) is 7.32. The predicted molar refractivity (Wildman–Crippen MR) is 138 cm³/mol. The molecule has 3 heterocycles. The second kappa shape index (κ2) is 10.7. The highest BCUT2D eigenvalue weighted by atomic mass is 32.2. The lowest BCUT2D eigenvalue weighted by Crippen LogP contribution is -2.36. The molecular formula is C25H25F3N4O5S2. The Labute approximate surface area is 226 Å². The van der Waals surface area contributed by atoms with Crippen LogP contribution in [0, 0.1) is 17.5 Å². The highest BCUT2D eigenvalue weighted by Crippen LogP contribution is 2.40. The van der Waals surface area contributed by atoms with Crippen LogP contribution in [0.15, 0.2) is 40.1 Å². The van der Waals surface area contributed by atoms with Crippen LogP contribution in [0.1, 0.15) is 36.8 Å². The number of thiazole rings is 1. The van der Waals surface area contributed by atoms with Crippen molar-refractivity contribution in [2.75, 3.05) is 16.7 Å². The largest absolute Gasteiger partial charge is 0.496 e. The van der Waals surface area contributed by atoms with Gasteiger partial charge < -0.3 is 15.2 Å². The molecule has 2 aliphatic heterocycles. The topological polar surface area (TPSA) is 112 Å². The SMILES string of the molecule is COc1ccc(F)c(CNc2ccc(S(=O)(=O)N(C(=O)O)c3cscn3)c(F)c2F)c1CN1C2CCC1CC2. The van der Waals surface area contributed by atoms with Gasteiger partial charge in [-0.25, -0.2) is 31.4 Å². The Bertz CT molecular complexity index is 1480. The maximum atomic E-state index is 15.1. The molecule has 2 aromatic carbocycles. The van der Waals surface area contributed by atoms with Gasteiger partial charge >= 0.3 is 6.09 Å². The number of nitrogens with zero attached hydrogens (tertiary/aromatic N) is 3. The van der Waals surface area contributed by atoms with Gasteiger partial charge in [-0.05, 0) is 49.9 Å². The van der Waals surface area contributed by atoms with E-state index in [9.17, 15) is 18.3 Å². The molecule has 0 atom stereocenters. The van der Waals surface area contributed by atoms with E-state index in [4.69, 9.17) is 4.74 Å². The summed E-state index contributed by atoms with van der Waals surface area (Å²) in [5, 5.41) is 13.2. The predicted octanol–water partition coefficient (Wildman–Crippen LogP) is 5.18. The van der Waals surface area contributed by atoms with Gasteiger partial charge in [-0.1, -0.05) is 0 Å². The molecule has 2 aliphatic rings. The van der Waals surface area contributed by atoms with Crippen LogP contribution in [0.2, 0.25) is 0 Å². The van der Waals surface area contributed by atoms with E-state index >= 15 is 13.2 Å². The minimum absolute atomic E-state index is 0.127. The van der Waals surface area contributed by atoms with Crippen molar-refractivity contribution >= 4 is 39.0 Å². The van der Waals surface area contributed by atoms with Crippen LogP contribution in [0.25, 0.3) is 0 Å². The first-order valence-corrected chi connectivity index (χ1v) is 14.5. The molecule has 0 spiro atoms. The van der Waals surface area contributed by atoms with Gasteiger partial charge in [-0.3, -0.25) is 4.90 Å². The monoisotopic (exact) mass is 582 g/mol. The van der Waals surface area contributed by atoms with Crippen molar-refractivity contribution in [1.82, 2.24) is 9.88 Å². The number of carboxylic acid groups (broad SMARTS) is 1. The number of amides is 1. The molecule has 1 aromatic heterocycles. The molecule has 0 saturated carbocycles. The Kier molecular flexibility index (Phi) is 7.44. The second-order valence-electron chi connectivity index (χ2n) is 9.33. The van der Waals surface area contributed by atoms with E-state index in [2.05, 4.69) is 15.2 Å². The van der Waals surface area contributed by atoms with Gasteiger partial charge in [0.05, 0.1) is 18.3 Å². The fourth-order valence-corrected chi connectivity index (χ4v) is 7.33. The maximum Gasteiger partial charge on any atom is 0.427 e. The standard InChI is InChI=1S/C25H25F3N4O5S2/c1-37-20-8-6-18(26)16(17(20)11-31-14-2-3-15(31)5-4-14)10-29-19-7-9-21(24(28)23(19)27)39(35,36)32(25(33)34)22-12-38-13-30-22/h6-9,12-15,29H,2-5,10-11H2,1H3,(H,33,34). The molecule has 0 unspecified atom stereocenters. The summed E-state index contributed by atoms with van der Waals surface area (Å²) < 4.78 is 76.4. The molecule has 2 fully saturated rings. The van der Waals surface area contributed by atoms with Crippen LogP contribution in [0.4, 0.5) is 29.5 Å². The van der Waals surface area contributed by atoms with Gasteiger partial charge in [-0.2, -0.15) is 0 Å². The van der Waals surface area contributed by atoms with Crippen molar-refractivity contribution < 1.29 is 36.2 Å². The Morgan fingerprint density at radius 2 is 1.82 bits per heavy atom. The fourth-order valence-electron chi connectivity index (χ4n) is 5.44. The number of nitrogens with one attached hydrogen (secondary N) is 1. The summed E-state index contributed by atoms with van der Waals surface area (Å²) in [7, 11) is -3.57. The zero-order valence-electron chi connectivity index (χ0n) is 20.7. The number of hydrogen-bond acceptors (Lipinski definition) is 8. The van der Waals surface area contributed by atoms with Crippen molar-refractivity contribution in [3.8, 4) is 5.75 Å². The van der Waals surface area contributed by atoms with Crippen molar-refractivity contribution in [3.63, 3.8) is 0 Å². The van der Waals surface area contributed by atoms with E-state index in [1.807, 2.05) is 0 Å². The van der Waals surface area contributed by atoms with Crippen LogP contribution in [-0.4, -0.2) is 48.7 Å². The lowest BCUT2D eigenvalue weighted by atomic mass is 10.0. The number of carbonyl (C=O) groups is 1. The van der Waals surface area contributed by atoms with E-state index in [1.54, 1.807) is 0 Å². The zero-order chi connectivity index (χ0) is 27.9. The number of sulfonamides is 1. The first-order valence-electron chi connectivity index (χ1n) is 12.1. The number of rotatable bonds is 9. The lowest BCUT2D eigenvalue weighted by molar-refractivity contribution is 0.206. The summed E-state index contributed by atoms with van der Waals surface area (Å²) in [6.45, 7) is 0.215. The summed E-state index contributed by atoms with van der Waals surface area (Å²) in [4.78, 5) is 16.5. The Balaban J connectivity index is 1.43. The van der Waals surface area contributed by atoms with Crippen LogP contribution < -0.4 is 14.4 Å². The summed E-state index contributed by atoms with van der Waals surface area (Å²) in [5.74, 6) is -3.88. The van der Waals surface area contributed by atoms with Crippen molar-refractivity contribution in [2.24, 2.45) is 0 Å². The first-order chi connectivity index (χ1) is 18.6. The molecule has 0 aliphatic carbocycles. The molecule has 1 amide bonds. The van der Waals surface area contributed by atoms with Crippen molar-refractivity contribution in [1.29, 1.82) is 0 Å². The first kappa shape index (κ1) is 27.2. The average molecular weight is 583 g/mol. The van der Waals surface area contributed by atoms with Gasteiger partial charge in [0.1, 0.15) is 16.5 Å². The van der Waals surface area contributed by atoms with Gasteiger partial charge in [-0.15, -0.1) is 15.6 Å². The average Bonchev–Trinajstić information content (AvgIpc) is 3.64. The van der Waals surface area contributed by atoms with Crippen molar-refractivity contribution in [3.05, 3.63) is 63.7 Å². The van der Waals surface area contributed by atoms with Gasteiger partial charge in [0.2, 0.25) is 0 Å². The number of methoxy groups -OCH3 is 1. The van der Waals surface area contributed by atoms with Crippen molar-refractivity contribution in [2.45, 2.75) is 55.8 Å². The van der Waals surface area contributed by atoms with Crippen LogP contribution >= 0.6 is 11.3 Å². The Morgan fingerprint density at radius 1 is 1.13 bits per heavy atom. The number of aromatic nitrogens is 1. The second-order valence-corrected chi connectivity index (χ2v) is 11.8. The van der Waals surface area contributed by atoms with Crippen LogP contribution in [-0.2, 0) is 23.1 Å². The summed E-state index contributed by atoms with van der Waals surface area (Å²) in [6.07, 6.45) is 2.39. The summed E-state index contributed by atoms with van der Waals surface area (Å²) in [6, 6.07) is 5.32. The van der Waals surface area contributed by atoms with Gasteiger partial charge in [0.25, 0.3) is 10.0 Å². The van der Waals surface area contributed by atoms with E-state index in [0.29, 0.717) is 29.9 Å². The highest BCUT2D eigenvalue weighted by Gasteiger charge is 2.40. The number of ether oxygens (including phenoxy) is 1. The molecule has 2 N–H and O–H groups in total. The molecule has 5 rings (SSSR count). The quantitative estimate of drug-likeness (QED) is 0.355. The number of fused-ring (bicyclic) bond motifs is 2. The van der Waals surface area contributed by atoms with E-state index in [1.165, 1.54) is 24.8 Å². The highest BCUT2D eigenvalue weighted by molar-refractivity contribution is 7.93. The smallest absolute Gasteiger partial charge is 0.427 e.